The number of carbonyl (C=O) groups excluding carboxylic acids is 3. The van der Waals surface area contributed by atoms with Crippen LogP contribution in [0.1, 0.15) is 27.2 Å². The number of hydrogen-bond donors (Lipinski definition) is 2. The van der Waals surface area contributed by atoms with Gasteiger partial charge in [0.05, 0.1) is 16.3 Å². The van der Waals surface area contributed by atoms with E-state index < -0.39 is 23.8 Å². The van der Waals surface area contributed by atoms with E-state index in [9.17, 15) is 24.3 Å². The number of nitrogens with zero attached hydrogens (tertiary/aromatic N) is 1. The lowest BCUT2D eigenvalue weighted by Crippen LogP contribution is -2.54. The highest BCUT2D eigenvalue weighted by atomic mass is 35.5. The number of aromatic carboxylic acids is 1. The van der Waals surface area contributed by atoms with Crippen molar-refractivity contribution in [2.24, 2.45) is 0 Å². The maximum absolute atomic E-state index is 13.1. The average Bonchev–Trinajstić information content (AvgIpc) is 3.22. The Bertz CT molecular complexity index is 1370. The second-order valence-corrected chi connectivity index (χ2v) is 7.79. The second-order valence-electron chi connectivity index (χ2n) is 7.38. The normalized spacial score (nSPS) is 15.2. The van der Waals surface area contributed by atoms with Gasteiger partial charge in [0.15, 0.2) is 0 Å². The summed E-state index contributed by atoms with van der Waals surface area (Å²) in [4.78, 5) is 50.2. The first-order chi connectivity index (χ1) is 15.7. The minimum Gasteiger partial charge on any atom is -0.478 e. The SMILES string of the molecule is Cc1cccc(N2C(=O)NC(=O)/C(=C/c3ccc(-c4cc(C(=O)O)ccc4Cl)o3)C2=O)c1C. The minimum atomic E-state index is -1.12. The van der Waals surface area contributed by atoms with E-state index in [4.69, 9.17) is 16.0 Å². The Balaban J connectivity index is 1.72. The van der Waals surface area contributed by atoms with E-state index in [2.05, 4.69) is 5.32 Å². The largest absolute Gasteiger partial charge is 0.478 e. The highest BCUT2D eigenvalue weighted by Crippen LogP contribution is 2.32. The second kappa shape index (κ2) is 8.40. The van der Waals surface area contributed by atoms with Crippen LogP contribution in [0.5, 0.6) is 0 Å². The number of amides is 4. The van der Waals surface area contributed by atoms with E-state index in [1.807, 2.05) is 13.0 Å². The molecule has 2 N–H and O–H groups in total. The lowest BCUT2D eigenvalue weighted by atomic mass is 10.0. The molecule has 0 atom stereocenters. The number of carboxylic acid groups (broad SMARTS) is 1. The average molecular weight is 465 g/mol. The van der Waals surface area contributed by atoms with Crippen LogP contribution in [0.15, 0.2) is 58.5 Å². The van der Waals surface area contributed by atoms with Gasteiger partial charge in [-0.3, -0.25) is 14.9 Å². The van der Waals surface area contributed by atoms with E-state index in [0.29, 0.717) is 11.3 Å². The molecule has 4 amide bonds. The van der Waals surface area contributed by atoms with Crippen LogP contribution in [0.3, 0.4) is 0 Å². The number of aryl methyl sites for hydroxylation is 1. The smallest absolute Gasteiger partial charge is 0.335 e. The van der Waals surface area contributed by atoms with Gasteiger partial charge >= 0.3 is 12.0 Å². The molecular formula is C24H17ClN2O6. The number of furan rings is 1. The number of benzene rings is 2. The fourth-order valence-electron chi connectivity index (χ4n) is 3.42. The molecule has 1 fully saturated rings. The molecular weight excluding hydrogens is 448 g/mol. The Labute approximate surface area is 193 Å². The number of barbiturate groups is 1. The van der Waals surface area contributed by atoms with Gasteiger partial charge in [-0.25, -0.2) is 14.5 Å². The molecule has 2 heterocycles. The number of imide groups is 2. The van der Waals surface area contributed by atoms with Gasteiger partial charge < -0.3 is 9.52 Å². The predicted octanol–water partition coefficient (Wildman–Crippen LogP) is 4.58. The zero-order chi connectivity index (χ0) is 23.9. The molecule has 0 radical (unpaired) electrons. The third kappa shape index (κ3) is 4.04. The van der Waals surface area contributed by atoms with E-state index in [1.165, 1.54) is 36.4 Å². The van der Waals surface area contributed by atoms with Crippen molar-refractivity contribution in [1.29, 1.82) is 0 Å². The molecule has 3 aromatic rings. The summed E-state index contributed by atoms with van der Waals surface area (Å²) in [5.41, 5.74) is 2.05. The molecule has 0 spiro atoms. The van der Waals surface area contributed by atoms with E-state index >= 15 is 0 Å². The number of rotatable bonds is 4. The molecule has 1 aliphatic rings. The van der Waals surface area contributed by atoms with Crippen LogP contribution in [0.2, 0.25) is 5.02 Å². The number of halogens is 1. The van der Waals surface area contributed by atoms with Crippen LogP contribution in [0.25, 0.3) is 17.4 Å². The van der Waals surface area contributed by atoms with Gasteiger partial charge in [0.25, 0.3) is 11.8 Å². The first-order valence-corrected chi connectivity index (χ1v) is 10.2. The standard InChI is InChI=1S/C24H17ClN2O6/c1-12-4-3-5-19(13(12)2)27-22(29)17(21(28)26-24(27)32)11-15-7-9-20(33-15)16-10-14(23(30)31)6-8-18(16)25/h3-11H,1-2H3,(H,30,31)(H,26,28,32)/b17-11-. The van der Waals surface area contributed by atoms with Gasteiger partial charge in [-0.15, -0.1) is 0 Å². The van der Waals surface area contributed by atoms with Crippen LogP contribution in [-0.2, 0) is 9.59 Å². The summed E-state index contributed by atoms with van der Waals surface area (Å²) in [5.74, 6) is -2.36. The molecule has 0 unspecified atom stereocenters. The van der Waals surface area contributed by atoms with E-state index in [0.717, 1.165) is 16.0 Å². The number of anilines is 1. The van der Waals surface area contributed by atoms with Gasteiger partial charge in [0.2, 0.25) is 0 Å². The summed E-state index contributed by atoms with van der Waals surface area (Å²) < 4.78 is 5.71. The number of urea groups is 1. The Morgan fingerprint density at radius 3 is 2.58 bits per heavy atom. The number of carbonyl (C=O) groups is 4. The molecule has 2 aromatic carbocycles. The van der Waals surface area contributed by atoms with Crippen LogP contribution >= 0.6 is 11.6 Å². The van der Waals surface area contributed by atoms with E-state index in [1.54, 1.807) is 19.1 Å². The molecule has 8 nitrogen and oxygen atoms in total. The van der Waals surface area contributed by atoms with Gasteiger partial charge in [-0.2, -0.15) is 0 Å². The minimum absolute atomic E-state index is 0.0234. The monoisotopic (exact) mass is 464 g/mol. The van der Waals surface area contributed by atoms with Crippen molar-refractivity contribution in [3.05, 3.63) is 81.6 Å². The maximum Gasteiger partial charge on any atom is 0.335 e. The highest BCUT2D eigenvalue weighted by molar-refractivity contribution is 6.39. The third-order valence-electron chi connectivity index (χ3n) is 5.31. The molecule has 33 heavy (non-hydrogen) atoms. The third-order valence-corrected chi connectivity index (χ3v) is 5.64. The van der Waals surface area contributed by atoms with Crippen LogP contribution in [-0.4, -0.2) is 28.9 Å². The van der Waals surface area contributed by atoms with Gasteiger partial charge in [0.1, 0.15) is 17.1 Å². The van der Waals surface area contributed by atoms with Gasteiger partial charge in [-0.1, -0.05) is 23.7 Å². The molecule has 0 saturated carbocycles. The molecule has 166 valence electrons. The Kier molecular flexibility index (Phi) is 5.61. The molecule has 0 bridgehead atoms. The fourth-order valence-corrected chi connectivity index (χ4v) is 3.63. The molecule has 0 aliphatic carbocycles. The van der Waals surface area contributed by atoms with Crippen LogP contribution < -0.4 is 10.2 Å². The van der Waals surface area contributed by atoms with Crippen molar-refractivity contribution in [3.8, 4) is 11.3 Å². The van der Waals surface area contributed by atoms with Gasteiger partial charge in [-0.05, 0) is 67.4 Å². The van der Waals surface area contributed by atoms with Crippen molar-refractivity contribution >= 4 is 47.2 Å². The highest BCUT2D eigenvalue weighted by Gasteiger charge is 2.37. The molecule has 1 aromatic heterocycles. The first-order valence-electron chi connectivity index (χ1n) is 9.78. The first kappa shape index (κ1) is 22.0. The number of nitrogens with one attached hydrogen (secondary N) is 1. The lowest BCUT2D eigenvalue weighted by molar-refractivity contribution is -0.122. The quantitative estimate of drug-likeness (QED) is 0.431. The zero-order valence-corrected chi connectivity index (χ0v) is 18.3. The summed E-state index contributed by atoms with van der Waals surface area (Å²) in [5, 5.41) is 11.7. The Morgan fingerprint density at radius 1 is 1.09 bits per heavy atom. The maximum atomic E-state index is 13.1. The van der Waals surface area contributed by atoms with Crippen LogP contribution in [0.4, 0.5) is 10.5 Å². The van der Waals surface area contributed by atoms with Crippen molar-refractivity contribution in [1.82, 2.24) is 5.32 Å². The molecule has 1 saturated heterocycles. The van der Waals surface area contributed by atoms with Crippen LogP contribution in [0, 0.1) is 13.8 Å². The van der Waals surface area contributed by atoms with Crippen molar-refractivity contribution in [2.75, 3.05) is 4.90 Å². The number of carboxylic acids is 1. The fraction of sp³-hybridized carbons (Fsp3) is 0.0833. The Hall–Kier alpha value is -4.17. The topological polar surface area (TPSA) is 117 Å². The zero-order valence-electron chi connectivity index (χ0n) is 17.5. The summed E-state index contributed by atoms with van der Waals surface area (Å²) in [6, 6.07) is 11.6. The van der Waals surface area contributed by atoms with Crippen molar-refractivity contribution in [3.63, 3.8) is 0 Å². The van der Waals surface area contributed by atoms with Crippen molar-refractivity contribution < 1.29 is 28.7 Å². The molecule has 9 heteroatoms. The summed E-state index contributed by atoms with van der Waals surface area (Å²) in [7, 11) is 0. The van der Waals surface area contributed by atoms with Gasteiger partial charge in [0, 0.05) is 5.56 Å². The predicted molar refractivity (Wildman–Crippen MR) is 121 cm³/mol. The van der Waals surface area contributed by atoms with E-state index in [-0.39, 0.29) is 27.7 Å². The lowest BCUT2D eigenvalue weighted by Gasteiger charge is -2.27. The molecule has 1 aliphatic heterocycles. The summed E-state index contributed by atoms with van der Waals surface area (Å²) >= 11 is 6.18. The summed E-state index contributed by atoms with van der Waals surface area (Å²) in [6.45, 7) is 3.63. The number of hydrogen-bond acceptors (Lipinski definition) is 5. The summed E-state index contributed by atoms with van der Waals surface area (Å²) in [6.07, 6.45) is 1.22. The molecule has 4 rings (SSSR count). The Morgan fingerprint density at radius 2 is 1.85 bits per heavy atom. The van der Waals surface area contributed by atoms with Crippen molar-refractivity contribution in [2.45, 2.75) is 13.8 Å².